The molecule has 0 aliphatic rings. The minimum absolute atomic E-state index is 0.172. The third-order valence-electron chi connectivity index (χ3n) is 1.72. The zero-order valence-electron chi connectivity index (χ0n) is 11.1. The molecule has 0 rings (SSSR count). The van der Waals surface area contributed by atoms with Gasteiger partial charge in [-0.25, -0.2) is 4.79 Å². The molecular weight excluding hydrogens is 240 g/mol. The van der Waals surface area contributed by atoms with Gasteiger partial charge in [-0.15, -0.1) is 0 Å². The van der Waals surface area contributed by atoms with Crippen LogP contribution in [0, 0.1) is 0 Å². The summed E-state index contributed by atoms with van der Waals surface area (Å²) in [4.78, 5) is 21.5. The lowest BCUT2D eigenvalue weighted by Crippen LogP contribution is -2.19. The van der Waals surface area contributed by atoms with Gasteiger partial charge in [0.2, 0.25) is 0 Å². The summed E-state index contributed by atoms with van der Waals surface area (Å²) in [6.45, 7) is 9.04. The standard InChI is InChI=1S/C12H20O6/c1-9(2)12(14)17-8-6-15-5-7-16-11(4)18-10(3)13/h11H,1,5-8H2,2-4H3. The van der Waals surface area contributed by atoms with E-state index in [1.165, 1.54) is 6.92 Å². The first kappa shape index (κ1) is 16.6. The fraction of sp³-hybridized carbons (Fsp3) is 0.667. The predicted octanol–water partition coefficient (Wildman–Crippen LogP) is 1.05. The van der Waals surface area contributed by atoms with Crippen molar-refractivity contribution in [2.24, 2.45) is 0 Å². The van der Waals surface area contributed by atoms with Gasteiger partial charge in [-0.2, -0.15) is 0 Å². The van der Waals surface area contributed by atoms with Crippen molar-refractivity contribution >= 4 is 11.9 Å². The summed E-state index contributed by atoms with van der Waals surface area (Å²) < 4.78 is 19.8. The number of hydrogen-bond acceptors (Lipinski definition) is 6. The van der Waals surface area contributed by atoms with Gasteiger partial charge in [-0.3, -0.25) is 4.79 Å². The third kappa shape index (κ3) is 9.80. The van der Waals surface area contributed by atoms with Crippen LogP contribution in [0.2, 0.25) is 0 Å². The van der Waals surface area contributed by atoms with E-state index in [-0.39, 0.29) is 13.2 Å². The zero-order chi connectivity index (χ0) is 14.0. The van der Waals surface area contributed by atoms with E-state index in [4.69, 9.17) is 18.9 Å². The monoisotopic (exact) mass is 260 g/mol. The van der Waals surface area contributed by atoms with Crippen LogP contribution in [0.15, 0.2) is 12.2 Å². The van der Waals surface area contributed by atoms with Gasteiger partial charge < -0.3 is 18.9 Å². The van der Waals surface area contributed by atoms with Gasteiger partial charge >= 0.3 is 11.9 Å². The fourth-order valence-electron chi connectivity index (χ4n) is 0.959. The first-order valence-electron chi connectivity index (χ1n) is 5.62. The third-order valence-corrected chi connectivity index (χ3v) is 1.72. The molecule has 0 aromatic rings. The molecular formula is C12H20O6. The number of hydrogen-bond donors (Lipinski definition) is 0. The summed E-state index contributed by atoms with van der Waals surface area (Å²) in [6, 6.07) is 0. The Morgan fingerprint density at radius 3 is 2.28 bits per heavy atom. The second kappa shape index (κ2) is 9.61. The van der Waals surface area contributed by atoms with Gasteiger partial charge in [-0.05, 0) is 13.8 Å². The van der Waals surface area contributed by atoms with Crippen LogP contribution in [0.5, 0.6) is 0 Å². The van der Waals surface area contributed by atoms with Gasteiger partial charge in [0.05, 0.1) is 19.8 Å². The topological polar surface area (TPSA) is 71.1 Å². The highest BCUT2D eigenvalue weighted by Crippen LogP contribution is 1.94. The second-order valence-electron chi connectivity index (χ2n) is 3.58. The maximum absolute atomic E-state index is 11.0. The highest BCUT2D eigenvalue weighted by molar-refractivity contribution is 5.86. The molecule has 0 aromatic heterocycles. The normalized spacial score (nSPS) is 11.7. The lowest BCUT2D eigenvalue weighted by Gasteiger charge is -2.12. The van der Waals surface area contributed by atoms with E-state index in [1.54, 1.807) is 13.8 Å². The number of carbonyl (C=O) groups is 2. The molecule has 0 heterocycles. The van der Waals surface area contributed by atoms with Crippen LogP contribution in [0.25, 0.3) is 0 Å². The summed E-state index contributed by atoms with van der Waals surface area (Å²) in [6.07, 6.45) is -0.590. The maximum atomic E-state index is 11.0. The number of carbonyl (C=O) groups excluding carboxylic acids is 2. The number of esters is 2. The predicted molar refractivity (Wildman–Crippen MR) is 63.8 cm³/mol. The fourth-order valence-corrected chi connectivity index (χ4v) is 0.959. The van der Waals surface area contributed by atoms with Crippen molar-refractivity contribution in [3.05, 3.63) is 12.2 Å². The van der Waals surface area contributed by atoms with Crippen LogP contribution >= 0.6 is 0 Å². The Kier molecular flexibility index (Phi) is 8.86. The lowest BCUT2D eigenvalue weighted by atomic mass is 10.4. The van der Waals surface area contributed by atoms with E-state index in [1.807, 2.05) is 0 Å². The van der Waals surface area contributed by atoms with Crippen molar-refractivity contribution in [3.8, 4) is 0 Å². The minimum Gasteiger partial charge on any atom is -0.460 e. The smallest absolute Gasteiger partial charge is 0.333 e. The van der Waals surface area contributed by atoms with Crippen LogP contribution < -0.4 is 0 Å². The summed E-state index contributed by atoms with van der Waals surface area (Å²) >= 11 is 0. The molecule has 6 heteroatoms. The van der Waals surface area contributed by atoms with Crippen molar-refractivity contribution in [2.45, 2.75) is 27.1 Å². The quantitative estimate of drug-likeness (QED) is 0.267. The van der Waals surface area contributed by atoms with E-state index in [0.29, 0.717) is 18.8 Å². The van der Waals surface area contributed by atoms with Crippen molar-refractivity contribution in [1.82, 2.24) is 0 Å². The minimum atomic E-state index is -0.590. The van der Waals surface area contributed by atoms with Crippen LogP contribution in [0.1, 0.15) is 20.8 Å². The summed E-state index contributed by atoms with van der Waals surface area (Å²) in [5, 5.41) is 0. The molecule has 1 unspecified atom stereocenters. The van der Waals surface area contributed by atoms with Crippen LogP contribution in [-0.4, -0.2) is 44.7 Å². The van der Waals surface area contributed by atoms with Gasteiger partial charge in [-0.1, -0.05) is 6.58 Å². The molecule has 18 heavy (non-hydrogen) atoms. The molecule has 0 radical (unpaired) electrons. The molecule has 0 amide bonds. The molecule has 0 aromatic carbocycles. The Labute approximate surface area is 107 Å². The molecule has 0 saturated carbocycles. The van der Waals surface area contributed by atoms with Crippen molar-refractivity contribution in [1.29, 1.82) is 0 Å². The molecule has 104 valence electrons. The Hall–Kier alpha value is -1.40. The van der Waals surface area contributed by atoms with Crippen molar-refractivity contribution in [2.75, 3.05) is 26.4 Å². The van der Waals surface area contributed by atoms with E-state index in [0.717, 1.165) is 0 Å². The molecule has 0 saturated heterocycles. The second-order valence-corrected chi connectivity index (χ2v) is 3.58. The van der Waals surface area contributed by atoms with E-state index < -0.39 is 18.2 Å². The molecule has 1 atom stereocenters. The highest BCUT2D eigenvalue weighted by Gasteiger charge is 2.05. The lowest BCUT2D eigenvalue weighted by molar-refractivity contribution is -0.174. The Morgan fingerprint density at radius 1 is 1.11 bits per heavy atom. The Bertz CT molecular complexity index is 286. The van der Waals surface area contributed by atoms with Crippen molar-refractivity contribution < 1.29 is 28.5 Å². The average molecular weight is 260 g/mol. The molecule has 0 spiro atoms. The SMILES string of the molecule is C=C(C)C(=O)OCCOCCOC(C)OC(C)=O. The van der Waals surface area contributed by atoms with Crippen molar-refractivity contribution in [3.63, 3.8) is 0 Å². The number of rotatable bonds is 9. The molecule has 6 nitrogen and oxygen atoms in total. The largest absolute Gasteiger partial charge is 0.460 e. The highest BCUT2D eigenvalue weighted by atomic mass is 16.7. The van der Waals surface area contributed by atoms with E-state index in [9.17, 15) is 9.59 Å². The number of ether oxygens (including phenoxy) is 4. The van der Waals surface area contributed by atoms with Gasteiger partial charge in [0.15, 0.2) is 6.29 Å². The molecule has 0 aliphatic carbocycles. The average Bonchev–Trinajstić information content (AvgIpc) is 2.26. The maximum Gasteiger partial charge on any atom is 0.333 e. The molecule has 0 N–H and O–H groups in total. The zero-order valence-corrected chi connectivity index (χ0v) is 11.1. The van der Waals surface area contributed by atoms with E-state index in [2.05, 4.69) is 6.58 Å². The van der Waals surface area contributed by atoms with Crippen LogP contribution in [0.3, 0.4) is 0 Å². The van der Waals surface area contributed by atoms with Crippen LogP contribution in [0.4, 0.5) is 0 Å². The Balaban J connectivity index is 3.33. The molecule has 0 fully saturated rings. The van der Waals surface area contributed by atoms with Gasteiger partial charge in [0.1, 0.15) is 6.61 Å². The van der Waals surface area contributed by atoms with E-state index >= 15 is 0 Å². The first-order valence-corrected chi connectivity index (χ1v) is 5.62. The summed E-state index contributed by atoms with van der Waals surface area (Å²) in [5.74, 6) is -0.826. The van der Waals surface area contributed by atoms with Gasteiger partial charge in [0.25, 0.3) is 0 Å². The first-order chi connectivity index (χ1) is 8.43. The summed E-state index contributed by atoms with van der Waals surface area (Å²) in [7, 11) is 0. The molecule has 0 aliphatic heterocycles. The van der Waals surface area contributed by atoms with Crippen LogP contribution in [-0.2, 0) is 28.5 Å². The Morgan fingerprint density at radius 2 is 1.72 bits per heavy atom. The summed E-state index contributed by atoms with van der Waals surface area (Å²) in [5.41, 5.74) is 0.355. The van der Waals surface area contributed by atoms with Gasteiger partial charge in [0, 0.05) is 12.5 Å². The molecule has 0 bridgehead atoms.